The summed E-state index contributed by atoms with van der Waals surface area (Å²) in [6.07, 6.45) is 1.11. The number of halogens is 1. The van der Waals surface area contributed by atoms with E-state index >= 15 is 0 Å². The lowest BCUT2D eigenvalue weighted by molar-refractivity contribution is -0.119. The first kappa shape index (κ1) is 19.9. The molecule has 138 valence electrons. The fourth-order valence-corrected chi connectivity index (χ4v) is 3.14. The number of benzene rings is 2. The van der Waals surface area contributed by atoms with Crippen molar-refractivity contribution in [1.29, 1.82) is 0 Å². The molecule has 1 amide bonds. The van der Waals surface area contributed by atoms with E-state index in [0.29, 0.717) is 16.3 Å². The summed E-state index contributed by atoms with van der Waals surface area (Å²) in [6.45, 7) is 1.37. The van der Waals surface area contributed by atoms with Gasteiger partial charge in [0.25, 0.3) is 5.91 Å². The van der Waals surface area contributed by atoms with Crippen molar-refractivity contribution in [3.8, 4) is 0 Å². The average molecular weight is 396 g/mol. The van der Waals surface area contributed by atoms with Gasteiger partial charge in [0.15, 0.2) is 16.4 Å². The van der Waals surface area contributed by atoms with Crippen molar-refractivity contribution in [2.75, 3.05) is 18.2 Å². The molecule has 8 heteroatoms. The molecule has 0 saturated carbocycles. The Morgan fingerprint density at radius 3 is 2.54 bits per heavy atom. The number of hydrogen-bond donors (Lipinski definition) is 1. The zero-order chi connectivity index (χ0) is 19.3. The van der Waals surface area contributed by atoms with Crippen LogP contribution < -0.4 is 5.32 Å². The second kappa shape index (κ2) is 8.33. The molecule has 1 N–H and O–H groups in total. The zero-order valence-electron chi connectivity index (χ0n) is 14.3. The SMILES string of the molecule is Cc1ccc(NC(=O)COC(=O)c2cccc(CS(C)(=O)=O)c2)cc1Cl. The van der Waals surface area contributed by atoms with E-state index in [9.17, 15) is 18.0 Å². The number of ether oxygens (including phenoxy) is 1. The van der Waals surface area contributed by atoms with E-state index in [0.717, 1.165) is 11.8 Å². The molecule has 6 nitrogen and oxygen atoms in total. The monoisotopic (exact) mass is 395 g/mol. The van der Waals surface area contributed by atoms with Crippen LogP contribution in [0.15, 0.2) is 42.5 Å². The molecule has 0 unspecified atom stereocenters. The van der Waals surface area contributed by atoms with Crippen molar-refractivity contribution in [3.63, 3.8) is 0 Å². The van der Waals surface area contributed by atoms with Gasteiger partial charge >= 0.3 is 5.97 Å². The van der Waals surface area contributed by atoms with Gasteiger partial charge in [-0.25, -0.2) is 13.2 Å². The Balaban J connectivity index is 1.94. The number of rotatable bonds is 6. The second-order valence-electron chi connectivity index (χ2n) is 5.86. The highest BCUT2D eigenvalue weighted by atomic mass is 35.5. The summed E-state index contributed by atoms with van der Waals surface area (Å²) in [7, 11) is -3.21. The maximum atomic E-state index is 12.0. The van der Waals surface area contributed by atoms with Crippen molar-refractivity contribution >= 4 is 39.0 Å². The summed E-state index contributed by atoms with van der Waals surface area (Å²) in [5.74, 6) is -1.40. The van der Waals surface area contributed by atoms with Crippen LogP contribution in [0.4, 0.5) is 5.69 Å². The smallest absolute Gasteiger partial charge is 0.338 e. The molecule has 0 radical (unpaired) electrons. The first-order valence-electron chi connectivity index (χ1n) is 7.64. The number of esters is 1. The van der Waals surface area contributed by atoms with E-state index in [-0.39, 0.29) is 11.3 Å². The first-order valence-corrected chi connectivity index (χ1v) is 10.1. The van der Waals surface area contributed by atoms with Gasteiger partial charge in [-0.1, -0.05) is 29.8 Å². The summed E-state index contributed by atoms with van der Waals surface area (Å²) >= 11 is 5.99. The highest BCUT2D eigenvalue weighted by molar-refractivity contribution is 7.89. The van der Waals surface area contributed by atoms with Crippen LogP contribution in [0.5, 0.6) is 0 Å². The Hall–Kier alpha value is -2.38. The van der Waals surface area contributed by atoms with E-state index in [2.05, 4.69) is 5.32 Å². The molecule has 2 rings (SSSR count). The van der Waals surface area contributed by atoms with E-state index in [4.69, 9.17) is 16.3 Å². The maximum Gasteiger partial charge on any atom is 0.338 e. The summed E-state index contributed by atoms with van der Waals surface area (Å²) in [6, 6.07) is 11.1. The fraction of sp³-hybridized carbons (Fsp3) is 0.222. The van der Waals surface area contributed by atoms with Crippen molar-refractivity contribution in [3.05, 3.63) is 64.2 Å². The average Bonchev–Trinajstić information content (AvgIpc) is 2.55. The number of carbonyl (C=O) groups excluding carboxylic acids is 2. The van der Waals surface area contributed by atoms with Crippen molar-refractivity contribution in [2.45, 2.75) is 12.7 Å². The molecule has 0 saturated heterocycles. The van der Waals surface area contributed by atoms with Gasteiger partial charge in [-0.05, 0) is 42.3 Å². The lowest BCUT2D eigenvalue weighted by Crippen LogP contribution is -2.21. The lowest BCUT2D eigenvalue weighted by atomic mass is 10.1. The lowest BCUT2D eigenvalue weighted by Gasteiger charge is -2.08. The quantitative estimate of drug-likeness (QED) is 0.759. The highest BCUT2D eigenvalue weighted by Crippen LogP contribution is 2.19. The molecule has 0 fully saturated rings. The molecular weight excluding hydrogens is 378 g/mol. The molecule has 0 aromatic heterocycles. The molecule has 0 spiro atoms. The van der Waals surface area contributed by atoms with Gasteiger partial charge in [0.1, 0.15) is 0 Å². The molecule has 0 aliphatic heterocycles. The number of hydrogen-bond acceptors (Lipinski definition) is 5. The van der Waals surface area contributed by atoms with E-state index in [1.54, 1.807) is 30.3 Å². The second-order valence-corrected chi connectivity index (χ2v) is 8.41. The van der Waals surface area contributed by atoms with E-state index in [1.165, 1.54) is 12.1 Å². The van der Waals surface area contributed by atoms with Gasteiger partial charge in [-0.2, -0.15) is 0 Å². The molecule has 0 aliphatic rings. The van der Waals surface area contributed by atoms with Crippen LogP contribution in [-0.2, 0) is 25.1 Å². The number of aryl methyl sites for hydroxylation is 1. The van der Waals surface area contributed by atoms with E-state index in [1.807, 2.05) is 6.92 Å². The van der Waals surface area contributed by atoms with Gasteiger partial charge in [-0.15, -0.1) is 0 Å². The summed E-state index contributed by atoms with van der Waals surface area (Å²) in [4.78, 5) is 23.9. The molecule has 2 aromatic carbocycles. The van der Waals surface area contributed by atoms with Crippen molar-refractivity contribution in [1.82, 2.24) is 0 Å². The molecule has 0 atom stereocenters. The topological polar surface area (TPSA) is 89.5 Å². The van der Waals surface area contributed by atoms with E-state index < -0.39 is 28.3 Å². The number of nitrogens with one attached hydrogen (secondary N) is 1. The number of amides is 1. The normalized spacial score (nSPS) is 11.0. The Morgan fingerprint density at radius 2 is 1.88 bits per heavy atom. The predicted octanol–water partition coefficient (Wildman–Crippen LogP) is 2.99. The van der Waals surface area contributed by atoms with Crippen LogP contribution in [0.1, 0.15) is 21.5 Å². The molecular formula is C18H18ClNO5S. The van der Waals surface area contributed by atoms with Crippen molar-refractivity contribution in [2.24, 2.45) is 0 Å². The maximum absolute atomic E-state index is 12.0. The molecule has 0 bridgehead atoms. The third-order valence-electron chi connectivity index (χ3n) is 3.38. The van der Waals surface area contributed by atoms with Crippen LogP contribution in [0.3, 0.4) is 0 Å². The van der Waals surface area contributed by atoms with Gasteiger partial charge < -0.3 is 10.1 Å². The largest absolute Gasteiger partial charge is 0.452 e. The molecule has 0 heterocycles. The van der Waals surface area contributed by atoms with Crippen LogP contribution in [0.2, 0.25) is 5.02 Å². The van der Waals surface area contributed by atoms with Crippen molar-refractivity contribution < 1.29 is 22.7 Å². The third-order valence-corrected chi connectivity index (χ3v) is 4.65. The van der Waals surface area contributed by atoms with Gasteiger partial charge in [0.05, 0.1) is 11.3 Å². The zero-order valence-corrected chi connectivity index (χ0v) is 15.9. The Kier molecular flexibility index (Phi) is 6.39. The minimum Gasteiger partial charge on any atom is -0.452 e. The standard InChI is InChI=1S/C18H18ClNO5S/c1-12-6-7-15(9-16(12)19)20-17(21)10-25-18(22)14-5-3-4-13(8-14)11-26(2,23)24/h3-9H,10-11H2,1-2H3,(H,20,21). The Bertz CT molecular complexity index is 940. The number of carbonyl (C=O) groups is 2. The first-order chi connectivity index (χ1) is 12.1. The minimum absolute atomic E-state index is 0.178. The van der Waals surface area contributed by atoms with Gasteiger partial charge in [0, 0.05) is 17.0 Å². The summed E-state index contributed by atoms with van der Waals surface area (Å²) in [5.41, 5.74) is 2.03. The minimum atomic E-state index is -3.21. The molecule has 26 heavy (non-hydrogen) atoms. The number of sulfone groups is 1. The molecule has 2 aromatic rings. The Labute approximate surface area is 157 Å². The van der Waals surface area contributed by atoms with Gasteiger partial charge in [-0.3, -0.25) is 4.79 Å². The van der Waals surface area contributed by atoms with Crippen LogP contribution in [0, 0.1) is 6.92 Å². The van der Waals surface area contributed by atoms with Crippen LogP contribution in [0.25, 0.3) is 0 Å². The van der Waals surface area contributed by atoms with Crippen LogP contribution in [-0.4, -0.2) is 33.2 Å². The fourth-order valence-electron chi connectivity index (χ4n) is 2.17. The molecule has 0 aliphatic carbocycles. The number of anilines is 1. The third kappa shape index (κ3) is 6.16. The Morgan fingerprint density at radius 1 is 1.15 bits per heavy atom. The van der Waals surface area contributed by atoms with Crippen LogP contribution >= 0.6 is 11.6 Å². The summed E-state index contributed by atoms with van der Waals surface area (Å²) < 4.78 is 27.6. The van der Waals surface area contributed by atoms with Gasteiger partial charge in [0.2, 0.25) is 0 Å². The predicted molar refractivity (Wildman–Crippen MR) is 100 cm³/mol. The summed E-state index contributed by atoms with van der Waals surface area (Å²) in [5, 5.41) is 3.10. The highest BCUT2D eigenvalue weighted by Gasteiger charge is 2.13.